The molecular formula is C58H45N3O. The van der Waals surface area contributed by atoms with Gasteiger partial charge in [-0.05, 0) is 104 Å². The van der Waals surface area contributed by atoms with Gasteiger partial charge >= 0.3 is 0 Å². The molecule has 0 aliphatic rings. The largest absolute Gasteiger partial charge is 0.456 e. The first-order valence-corrected chi connectivity index (χ1v) is 21.7. The Balaban J connectivity index is 1.07. The van der Waals surface area contributed by atoms with Gasteiger partial charge in [0.15, 0.2) is 0 Å². The van der Waals surface area contributed by atoms with Crippen LogP contribution >= 0.6 is 0 Å². The van der Waals surface area contributed by atoms with Gasteiger partial charge in [-0.3, -0.25) is 0 Å². The summed E-state index contributed by atoms with van der Waals surface area (Å²) in [7, 11) is 0. The van der Waals surface area contributed by atoms with Crippen LogP contribution in [0.4, 0.5) is 0 Å². The van der Waals surface area contributed by atoms with Crippen LogP contribution in [0.15, 0.2) is 205 Å². The number of benzene rings is 8. The lowest BCUT2D eigenvalue weighted by Gasteiger charge is -2.34. The molecule has 12 rings (SSSR count). The predicted octanol–water partition coefficient (Wildman–Crippen LogP) is 15.6. The maximum absolute atomic E-state index is 6.23. The second kappa shape index (κ2) is 13.5. The summed E-state index contributed by atoms with van der Waals surface area (Å²) in [5.74, 6) is 0. The highest BCUT2D eigenvalue weighted by molar-refractivity contribution is 6.12. The van der Waals surface area contributed by atoms with E-state index in [-0.39, 0.29) is 0 Å². The zero-order valence-electron chi connectivity index (χ0n) is 35.1. The average Bonchev–Trinajstić information content (AvgIpc) is 4.06. The van der Waals surface area contributed by atoms with Crippen molar-refractivity contribution in [3.63, 3.8) is 0 Å². The summed E-state index contributed by atoms with van der Waals surface area (Å²) < 4.78 is 13.7. The fourth-order valence-corrected chi connectivity index (χ4v) is 11.0. The topological polar surface area (TPSA) is 27.9 Å². The molecular weight excluding hydrogens is 755 g/mol. The van der Waals surface area contributed by atoms with Gasteiger partial charge in [-0.15, -0.1) is 6.58 Å². The summed E-state index contributed by atoms with van der Waals surface area (Å²) in [6.07, 6.45) is 7.54. The number of allylic oxidation sites excluding steroid dienone is 3. The number of rotatable bonds is 8. The van der Waals surface area contributed by atoms with Crippen LogP contribution in [0, 0.1) is 0 Å². The highest BCUT2D eigenvalue weighted by Gasteiger charge is 2.35. The minimum atomic E-state index is -0.547. The van der Waals surface area contributed by atoms with Gasteiger partial charge in [-0.2, -0.15) is 0 Å². The smallest absolute Gasteiger partial charge is 0.135 e. The maximum atomic E-state index is 6.23. The lowest BCUT2D eigenvalue weighted by Crippen LogP contribution is -2.32. The molecule has 0 saturated heterocycles. The van der Waals surface area contributed by atoms with Gasteiger partial charge in [0.1, 0.15) is 11.2 Å². The minimum Gasteiger partial charge on any atom is -0.456 e. The van der Waals surface area contributed by atoms with Crippen LogP contribution < -0.4 is 0 Å². The maximum Gasteiger partial charge on any atom is 0.135 e. The molecule has 2 atom stereocenters. The van der Waals surface area contributed by atoms with Crippen LogP contribution in [0.3, 0.4) is 0 Å². The number of aromatic nitrogens is 3. The summed E-state index contributed by atoms with van der Waals surface area (Å²) >= 11 is 0. The van der Waals surface area contributed by atoms with Crippen LogP contribution in [0.2, 0.25) is 0 Å². The van der Waals surface area contributed by atoms with Crippen molar-refractivity contribution in [2.24, 2.45) is 0 Å². The predicted molar refractivity (Wildman–Crippen MR) is 262 cm³/mol. The molecule has 4 nitrogen and oxygen atoms in total. The quantitative estimate of drug-likeness (QED) is 0.141. The molecule has 0 N–H and O–H groups in total. The van der Waals surface area contributed by atoms with Crippen molar-refractivity contribution in [2.45, 2.75) is 38.3 Å². The number of hydrogen-bond donors (Lipinski definition) is 0. The molecule has 0 amide bonds. The normalized spacial score (nSPS) is 14.4. The third-order valence-electron chi connectivity index (χ3n) is 13.9. The van der Waals surface area contributed by atoms with Crippen LogP contribution in [-0.2, 0) is 11.1 Å². The minimum absolute atomic E-state index is 0.469. The van der Waals surface area contributed by atoms with Gasteiger partial charge in [-0.25, -0.2) is 0 Å². The standard InChI is InChI=1S/C58H45N3O/c1-5-34-57(4,60-51-24-14-9-18-41(51)42-19-10-15-25-52(42)60)38-28-32-54-47(35-38)44-21-11-16-26-53(44)61(54)58(6-2,7-3)39-29-31-50-46(36-39)43-20-8-13-23-49(43)59(50)40-30-33-56-48(37-40)45-22-12-17-27-55(45)62-56/h5-6,8-37H,2,7H2,1,3-4H3/b34-5-. The summed E-state index contributed by atoms with van der Waals surface area (Å²) in [6, 6.07) is 64.4. The summed E-state index contributed by atoms with van der Waals surface area (Å²) in [5, 5.41) is 9.67. The molecule has 0 saturated carbocycles. The second-order valence-electron chi connectivity index (χ2n) is 16.9. The molecule has 4 aromatic heterocycles. The molecule has 0 spiro atoms. The van der Waals surface area contributed by atoms with E-state index in [1.165, 1.54) is 71.0 Å². The van der Waals surface area contributed by atoms with Crippen molar-refractivity contribution in [1.29, 1.82) is 0 Å². The first-order chi connectivity index (χ1) is 30.5. The molecule has 0 aliphatic heterocycles. The van der Waals surface area contributed by atoms with E-state index >= 15 is 0 Å². The number of fused-ring (bicyclic) bond motifs is 12. The van der Waals surface area contributed by atoms with E-state index in [1.54, 1.807) is 0 Å². The number of furan rings is 1. The summed E-state index contributed by atoms with van der Waals surface area (Å²) in [6.45, 7) is 11.4. The molecule has 12 aromatic rings. The molecule has 4 heterocycles. The van der Waals surface area contributed by atoms with Crippen molar-refractivity contribution in [3.05, 3.63) is 212 Å². The number of para-hydroxylation sites is 5. The Kier molecular flexibility index (Phi) is 7.89. The van der Waals surface area contributed by atoms with Crippen molar-refractivity contribution in [1.82, 2.24) is 13.7 Å². The van der Waals surface area contributed by atoms with E-state index in [4.69, 9.17) is 4.42 Å². The van der Waals surface area contributed by atoms with Gasteiger partial charge in [0.05, 0.1) is 44.2 Å². The summed E-state index contributed by atoms with van der Waals surface area (Å²) in [5.41, 5.74) is 11.5. The highest BCUT2D eigenvalue weighted by atomic mass is 16.3. The van der Waals surface area contributed by atoms with Gasteiger partial charge in [0, 0.05) is 48.8 Å². The van der Waals surface area contributed by atoms with E-state index in [0.717, 1.165) is 39.6 Å². The van der Waals surface area contributed by atoms with Crippen molar-refractivity contribution >= 4 is 87.4 Å². The summed E-state index contributed by atoms with van der Waals surface area (Å²) in [4.78, 5) is 0. The molecule has 0 fully saturated rings. The molecule has 8 aromatic carbocycles. The van der Waals surface area contributed by atoms with E-state index in [0.29, 0.717) is 0 Å². The molecule has 2 unspecified atom stereocenters. The van der Waals surface area contributed by atoms with Gasteiger partial charge in [0.25, 0.3) is 0 Å². The highest BCUT2D eigenvalue weighted by Crippen LogP contribution is 2.46. The van der Waals surface area contributed by atoms with E-state index in [2.05, 4.69) is 223 Å². The molecule has 0 radical (unpaired) electrons. The third-order valence-corrected chi connectivity index (χ3v) is 13.9. The number of nitrogens with zero attached hydrogens (tertiary/aromatic N) is 3. The van der Waals surface area contributed by atoms with Crippen LogP contribution in [0.25, 0.3) is 93.0 Å². The van der Waals surface area contributed by atoms with Gasteiger partial charge in [0.2, 0.25) is 0 Å². The van der Waals surface area contributed by atoms with Gasteiger partial charge < -0.3 is 18.1 Å². The van der Waals surface area contributed by atoms with Gasteiger partial charge in [-0.1, -0.05) is 128 Å². The van der Waals surface area contributed by atoms with Crippen molar-refractivity contribution in [3.8, 4) is 5.69 Å². The average molecular weight is 800 g/mol. The Labute approximate surface area is 359 Å². The lowest BCUT2D eigenvalue weighted by atomic mass is 9.85. The van der Waals surface area contributed by atoms with Crippen molar-refractivity contribution in [2.75, 3.05) is 0 Å². The molecule has 0 bridgehead atoms. The SMILES string of the molecule is C=CC(CC)(c1ccc2c(c1)c1ccccc1n2-c1ccc2oc3ccccc3c2c1)n1c2ccccc2c2cc(C(C)(/C=C\C)n3c4ccccc4c4ccccc43)ccc21. The van der Waals surface area contributed by atoms with E-state index in [1.807, 2.05) is 12.1 Å². The van der Waals surface area contributed by atoms with E-state index < -0.39 is 11.1 Å². The van der Waals surface area contributed by atoms with Crippen LogP contribution in [-0.4, -0.2) is 13.7 Å². The molecule has 298 valence electrons. The third kappa shape index (κ3) is 4.89. The molecule has 0 aliphatic carbocycles. The zero-order valence-corrected chi connectivity index (χ0v) is 35.1. The Bertz CT molecular complexity index is 3760. The second-order valence-corrected chi connectivity index (χ2v) is 16.9. The Morgan fingerprint density at radius 1 is 0.484 bits per heavy atom. The fraction of sp³-hybridized carbons (Fsp3) is 0.103. The van der Waals surface area contributed by atoms with Crippen molar-refractivity contribution < 1.29 is 4.42 Å². The first kappa shape index (κ1) is 36.3. The Morgan fingerprint density at radius 3 is 1.63 bits per heavy atom. The fourth-order valence-electron chi connectivity index (χ4n) is 11.0. The van der Waals surface area contributed by atoms with Crippen LogP contribution in [0.1, 0.15) is 38.3 Å². The lowest BCUT2D eigenvalue weighted by molar-refractivity contribution is 0.460. The monoisotopic (exact) mass is 799 g/mol. The first-order valence-electron chi connectivity index (χ1n) is 21.7. The van der Waals surface area contributed by atoms with E-state index in [9.17, 15) is 0 Å². The zero-order chi connectivity index (χ0) is 41.7. The molecule has 62 heavy (non-hydrogen) atoms. The Hall–Kier alpha value is -7.56. The molecule has 4 heteroatoms. The Morgan fingerprint density at radius 2 is 0.968 bits per heavy atom. The van der Waals surface area contributed by atoms with Crippen LogP contribution in [0.5, 0.6) is 0 Å². The number of hydrogen-bond acceptors (Lipinski definition) is 1.